The molecule has 0 aliphatic rings. The third kappa shape index (κ3) is 7.84. The Morgan fingerprint density at radius 1 is 0.818 bits per heavy atom. The van der Waals surface area contributed by atoms with E-state index in [1.54, 1.807) is 16.2 Å². The molecule has 0 aliphatic heterocycles. The van der Waals surface area contributed by atoms with E-state index in [-0.39, 0.29) is 25.0 Å². The molecule has 174 valence electrons. The second-order valence-corrected chi connectivity index (χ2v) is 9.98. The molecule has 0 N–H and O–H groups in total. The summed E-state index contributed by atoms with van der Waals surface area (Å²) in [4.78, 5) is 31.0. The molecule has 0 spiro atoms. The second kappa shape index (κ2) is 11.8. The van der Waals surface area contributed by atoms with E-state index in [9.17, 15) is 9.59 Å². The van der Waals surface area contributed by atoms with Crippen molar-refractivity contribution < 1.29 is 14.3 Å². The average Bonchev–Trinajstić information content (AvgIpc) is 3.30. The normalized spacial score (nSPS) is 11.2. The van der Waals surface area contributed by atoms with Crippen molar-refractivity contribution in [1.29, 1.82) is 0 Å². The van der Waals surface area contributed by atoms with Crippen LogP contribution in [0.15, 0.2) is 78.2 Å². The Balaban J connectivity index is 1.67. The van der Waals surface area contributed by atoms with Crippen LogP contribution in [0.5, 0.6) is 0 Å². The molecule has 1 aromatic heterocycles. The predicted octanol–water partition coefficient (Wildman–Crippen LogP) is 5.12. The first-order chi connectivity index (χ1) is 15.8. The Morgan fingerprint density at radius 2 is 1.45 bits per heavy atom. The van der Waals surface area contributed by atoms with E-state index in [1.165, 1.54) is 0 Å². The van der Waals surface area contributed by atoms with E-state index in [0.717, 1.165) is 16.0 Å². The minimum absolute atomic E-state index is 0.00917. The van der Waals surface area contributed by atoms with Crippen molar-refractivity contribution in [2.75, 3.05) is 13.2 Å². The zero-order valence-electron chi connectivity index (χ0n) is 19.6. The van der Waals surface area contributed by atoms with Crippen LogP contribution < -0.4 is 0 Å². The second-order valence-electron chi connectivity index (χ2n) is 8.94. The number of nitrogens with zero attached hydrogens (tertiary/aromatic N) is 2. The quantitative estimate of drug-likeness (QED) is 0.418. The van der Waals surface area contributed by atoms with Gasteiger partial charge in [-0.15, -0.1) is 11.3 Å². The Morgan fingerprint density at radius 3 is 2.03 bits per heavy atom. The van der Waals surface area contributed by atoms with E-state index in [1.807, 2.05) is 104 Å². The van der Waals surface area contributed by atoms with Crippen LogP contribution >= 0.6 is 11.3 Å². The first-order valence-electron chi connectivity index (χ1n) is 11.1. The third-order valence-corrected chi connectivity index (χ3v) is 6.10. The molecule has 3 rings (SSSR count). The molecule has 5 nitrogen and oxygen atoms in total. The van der Waals surface area contributed by atoms with E-state index in [4.69, 9.17) is 4.74 Å². The minimum Gasteiger partial charge on any atom is -0.367 e. The molecule has 0 fully saturated rings. The predicted molar refractivity (Wildman–Crippen MR) is 133 cm³/mol. The maximum atomic E-state index is 13.4. The van der Waals surface area contributed by atoms with Gasteiger partial charge in [-0.05, 0) is 43.3 Å². The van der Waals surface area contributed by atoms with Crippen LogP contribution in [0.4, 0.5) is 0 Å². The molecular weight excluding hydrogens is 432 g/mol. The fourth-order valence-electron chi connectivity index (χ4n) is 3.47. The van der Waals surface area contributed by atoms with Gasteiger partial charge in [0.25, 0.3) is 0 Å². The van der Waals surface area contributed by atoms with Crippen molar-refractivity contribution >= 4 is 23.2 Å². The van der Waals surface area contributed by atoms with Gasteiger partial charge in [-0.2, -0.15) is 0 Å². The third-order valence-electron chi connectivity index (χ3n) is 5.24. The van der Waals surface area contributed by atoms with Crippen LogP contribution in [0.25, 0.3) is 0 Å². The highest BCUT2D eigenvalue weighted by Gasteiger charge is 2.30. The van der Waals surface area contributed by atoms with Crippen molar-refractivity contribution in [2.24, 2.45) is 0 Å². The molecule has 2 amide bonds. The van der Waals surface area contributed by atoms with Crippen molar-refractivity contribution in [2.45, 2.75) is 46.0 Å². The SMILES string of the molecule is CC(C)(C)N(CC(=O)N(Cc1ccccc1)Cc1cccs1)C(=O)COCc1ccccc1. The van der Waals surface area contributed by atoms with Crippen LogP contribution in [0, 0.1) is 0 Å². The highest BCUT2D eigenvalue weighted by Crippen LogP contribution is 2.18. The molecule has 0 atom stereocenters. The molecule has 0 saturated heterocycles. The van der Waals surface area contributed by atoms with Gasteiger partial charge in [0.1, 0.15) is 13.2 Å². The lowest BCUT2D eigenvalue weighted by atomic mass is 10.1. The van der Waals surface area contributed by atoms with Gasteiger partial charge in [-0.1, -0.05) is 66.7 Å². The largest absolute Gasteiger partial charge is 0.367 e. The number of thiophene rings is 1. The van der Waals surface area contributed by atoms with Gasteiger partial charge in [-0.3, -0.25) is 9.59 Å². The summed E-state index contributed by atoms with van der Waals surface area (Å²) in [6.45, 7) is 7.13. The van der Waals surface area contributed by atoms with Gasteiger partial charge < -0.3 is 14.5 Å². The molecule has 6 heteroatoms. The van der Waals surface area contributed by atoms with Crippen LogP contribution in [0.3, 0.4) is 0 Å². The Kier molecular flexibility index (Phi) is 8.80. The Labute approximate surface area is 200 Å². The maximum Gasteiger partial charge on any atom is 0.249 e. The number of carbonyl (C=O) groups is 2. The number of rotatable bonds is 10. The number of amides is 2. The lowest BCUT2D eigenvalue weighted by Gasteiger charge is -2.36. The topological polar surface area (TPSA) is 49.9 Å². The van der Waals surface area contributed by atoms with E-state index in [0.29, 0.717) is 19.7 Å². The molecule has 3 aromatic rings. The number of carbonyl (C=O) groups excluding carboxylic acids is 2. The van der Waals surface area contributed by atoms with E-state index < -0.39 is 5.54 Å². The molecule has 0 aliphatic carbocycles. The average molecular weight is 465 g/mol. The van der Waals surface area contributed by atoms with Crippen molar-refractivity contribution in [1.82, 2.24) is 9.80 Å². The van der Waals surface area contributed by atoms with Crippen LogP contribution in [0.1, 0.15) is 36.8 Å². The zero-order chi connectivity index (χ0) is 23.7. The van der Waals surface area contributed by atoms with Crippen molar-refractivity contribution in [3.05, 3.63) is 94.2 Å². The summed E-state index contributed by atoms with van der Waals surface area (Å²) >= 11 is 1.62. The van der Waals surface area contributed by atoms with Crippen LogP contribution in [-0.4, -0.2) is 40.3 Å². The highest BCUT2D eigenvalue weighted by atomic mass is 32.1. The van der Waals surface area contributed by atoms with Crippen LogP contribution in [-0.2, 0) is 34.0 Å². The number of hydrogen-bond acceptors (Lipinski definition) is 4. The van der Waals surface area contributed by atoms with Gasteiger partial charge in [0.2, 0.25) is 11.8 Å². The van der Waals surface area contributed by atoms with E-state index >= 15 is 0 Å². The molecule has 0 bridgehead atoms. The molecular formula is C27H32N2O3S. The monoisotopic (exact) mass is 464 g/mol. The smallest absolute Gasteiger partial charge is 0.249 e. The van der Waals surface area contributed by atoms with Crippen molar-refractivity contribution in [3.63, 3.8) is 0 Å². The molecule has 0 radical (unpaired) electrons. The number of benzene rings is 2. The molecule has 2 aromatic carbocycles. The summed E-state index contributed by atoms with van der Waals surface area (Å²) in [5.41, 5.74) is 1.56. The first kappa shape index (κ1) is 24.7. The molecule has 33 heavy (non-hydrogen) atoms. The molecule has 0 unspecified atom stereocenters. The maximum absolute atomic E-state index is 13.4. The summed E-state index contributed by atoms with van der Waals surface area (Å²) in [5.74, 6) is -0.277. The van der Waals surface area contributed by atoms with Crippen LogP contribution in [0.2, 0.25) is 0 Å². The summed E-state index contributed by atoms with van der Waals surface area (Å²) in [5, 5.41) is 2.01. The summed E-state index contributed by atoms with van der Waals surface area (Å²) in [7, 11) is 0. The van der Waals surface area contributed by atoms with Gasteiger partial charge in [0.15, 0.2) is 0 Å². The molecule has 0 saturated carbocycles. The lowest BCUT2D eigenvalue weighted by molar-refractivity contribution is -0.148. The first-order valence-corrected chi connectivity index (χ1v) is 12.0. The minimum atomic E-state index is -0.510. The van der Waals surface area contributed by atoms with Gasteiger partial charge >= 0.3 is 0 Å². The summed E-state index contributed by atoms with van der Waals surface area (Å²) in [6, 6.07) is 23.7. The lowest BCUT2D eigenvalue weighted by Crippen LogP contribution is -2.52. The number of hydrogen-bond donors (Lipinski definition) is 0. The highest BCUT2D eigenvalue weighted by molar-refractivity contribution is 7.09. The number of ether oxygens (including phenoxy) is 1. The van der Waals surface area contributed by atoms with Gasteiger partial charge in [-0.25, -0.2) is 0 Å². The fourth-order valence-corrected chi connectivity index (χ4v) is 4.19. The Hall–Kier alpha value is -2.96. The van der Waals surface area contributed by atoms with Crippen molar-refractivity contribution in [3.8, 4) is 0 Å². The zero-order valence-corrected chi connectivity index (χ0v) is 20.4. The fraction of sp³-hybridized carbons (Fsp3) is 0.333. The summed E-state index contributed by atoms with van der Waals surface area (Å²) in [6.07, 6.45) is 0. The molecule has 1 heterocycles. The van der Waals surface area contributed by atoms with E-state index in [2.05, 4.69) is 0 Å². The summed E-state index contributed by atoms with van der Waals surface area (Å²) < 4.78 is 5.67. The van der Waals surface area contributed by atoms with Gasteiger partial charge in [0, 0.05) is 17.0 Å². The standard InChI is InChI=1S/C27H32N2O3S/c1-27(2,3)29(26(31)21-32-20-23-13-8-5-9-14-23)19-25(30)28(18-24-15-10-16-33-24)17-22-11-6-4-7-12-22/h4-16H,17-21H2,1-3H3. The van der Waals surface area contributed by atoms with Gasteiger partial charge in [0.05, 0.1) is 13.2 Å². The Bertz CT molecular complexity index is 999.